The number of benzene rings is 2. The number of para-hydroxylation sites is 1. The van der Waals surface area contributed by atoms with E-state index in [9.17, 15) is 13.2 Å². The first kappa shape index (κ1) is 20.6. The van der Waals surface area contributed by atoms with Crippen LogP contribution in [0.4, 0.5) is 5.69 Å². The van der Waals surface area contributed by atoms with Crippen LogP contribution >= 0.6 is 0 Å². The highest BCUT2D eigenvalue weighted by molar-refractivity contribution is 7.92. The van der Waals surface area contributed by atoms with E-state index in [2.05, 4.69) is 10.5 Å². The van der Waals surface area contributed by atoms with Gasteiger partial charge in [-0.2, -0.15) is 5.10 Å². The van der Waals surface area contributed by atoms with E-state index in [0.717, 1.165) is 21.7 Å². The number of carbonyl (C=O) groups is 1. The highest BCUT2D eigenvalue weighted by atomic mass is 32.2. The first-order valence-electron chi connectivity index (χ1n) is 8.57. The second-order valence-electron chi connectivity index (χ2n) is 6.53. The van der Waals surface area contributed by atoms with Crippen LogP contribution in [0.15, 0.2) is 47.6 Å². The minimum Gasteiger partial charge on any atom is -0.271 e. The van der Waals surface area contributed by atoms with Crippen molar-refractivity contribution in [2.45, 2.75) is 33.7 Å². The quantitative estimate of drug-likeness (QED) is 0.611. The molecule has 1 N–H and O–H groups in total. The first-order valence-corrected chi connectivity index (χ1v) is 10.4. The van der Waals surface area contributed by atoms with Crippen LogP contribution in [0, 0.1) is 20.8 Å². The maximum atomic E-state index is 12.5. The van der Waals surface area contributed by atoms with E-state index in [1.807, 2.05) is 32.9 Å². The molecule has 0 aliphatic heterocycles. The van der Waals surface area contributed by atoms with E-state index in [1.165, 1.54) is 18.1 Å². The fourth-order valence-corrected chi connectivity index (χ4v) is 3.93. The van der Waals surface area contributed by atoms with Crippen LogP contribution in [0.3, 0.4) is 0 Å². The van der Waals surface area contributed by atoms with Crippen molar-refractivity contribution >= 4 is 27.8 Å². The van der Waals surface area contributed by atoms with Gasteiger partial charge in [0.05, 0.1) is 18.2 Å². The van der Waals surface area contributed by atoms with Gasteiger partial charge in [0.2, 0.25) is 10.0 Å². The van der Waals surface area contributed by atoms with Crippen molar-refractivity contribution in [3.05, 3.63) is 64.7 Å². The summed E-state index contributed by atoms with van der Waals surface area (Å²) in [7, 11) is -3.64. The number of nitrogens with one attached hydrogen (secondary N) is 1. The van der Waals surface area contributed by atoms with Crippen LogP contribution < -0.4 is 9.73 Å². The van der Waals surface area contributed by atoms with Crippen molar-refractivity contribution < 1.29 is 13.2 Å². The highest BCUT2D eigenvalue weighted by Crippen LogP contribution is 2.20. The Hall–Kier alpha value is -2.67. The molecule has 0 spiro atoms. The predicted octanol–water partition coefficient (Wildman–Crippen LogP) is 2.92. The first-order chi connectivity index (χ1) is 12.6. The Balaban J connectivity index is 2.18. The summed E-state index contributed by atoms with van der Waals surface area (Å²) in [5.41, 5.74) is 7.21. The monoisotopic (exact) mass is 387 g/mol. The average Bonchev–Trinajstić information content (AvgIpc) is 2.61. The Kier molecular flexibility index (Phi) is 6.38. The van der Waals surface area contributed by atoms with Crippen LogP contribution in [0.5, 0.6) is 0 Å². The number of rotatable bonds is 6. The van der Waals surface area contributed by atoms with Gasteiger partial charge in [0.1, 0.15) is 6.04 Å². The second kappa shape index (κ2) is 8.35. The Labute approximate surface area is 161 Å². The molecule has 2 rings (SSSR count). The van der Waals surface area contributed by atoms with Gasteiger partial charge in [0.25, 0.3) is 5.91 Å². The summed E-state index contributed by atoms with van der Waals surface area (Å²) in [6.07, 6.45) is 2.64. The van der Waals surface area contributed by atoms with E-state index in [4.69, 9.17) is 0 Å². The molecular formula is C20H25N3O3S. The van der Waals surface area contributed by atoms with Crippen molar-refractivity contribution in [1.82, 2.24) is 5.43 Å². The number of carbonyl (C=O) groups excluding carboxylic acids is 1. The standard InChI is InChI=1S/C20H25N3O3S/c1-14-11-12-18(16(3)15(14)2)13-21-22-20(24)17(4)23(27(5,25)26)19-9-7-6-8-10-19/h6-13,17H,1-5H3,(H,22,24)/b21-13+. The number of amides is 1. The van der Waals surface area contributed by atoms with E-state index in [0.29, 0.717) is 5.69 Å². The SMILES string of the molecule is Cc1ccc(/C=N/NC(=O)C(C)N(c2ccccc2)S(C)(=O)=O)c(C)c1C. The zero-order valence-corrected chi connectivity index (χ0v) is 17.0. The fraction of sp³-hybridized carbons (Fsp3) is 0.300. The molecule has 1 unspecified atom stereocenters. The van der Waals surface area contributed by atoms with Gasteiger partial charge < -0.3 is 0 Å². The average molecular weight is 388 g/mol. The molecule has 1 atom stereocenters. The van der Waals surface area contributed by atoms with Gasteiger partial charge in [-0.05, 0) is 62.1 Å². The summed E-state index contributed by atoms with van der Waals surface area (Å²) in [4.78, 5) is 12.5. The molecular weight excluding hydrogens is 362 g/mol. The molecule has 0 saturated heterocycles. The number of aryl methyl sites for hydroxylation is 1. The van der Waals surface area contributed by atoms with Crippen molar-refractivity contribution in [1.29, 1.82) is 0 Å². The number of hydrogen-bond acceptors (Lipinski definition) is 4. The predicted molar refractivity (Wildman–Crippen MR) is 110 cm³/mol. The minimum atomic E-state index is -3.64. The summed E-state index contributed by atoms with van der Waals surface area (Å²) < 4.78 is 25.5. The Morgan fingerprint density at radius 2 is 1.70 bits per heavy atom. The van der Waals surface area contributed by atoms with Crippen molar-refractivity contribution in [3.8, 4) is 0 Å². The maximum absolute atomic E-state index is 12.5. The van der Waals surface area contributed by atoms with Crippen molar-refractivity contribution in [3.63, 3.8) is 0 Å². The highest BCUT2D eigenvalue weighted by Gasteiger charge is 2.28. The zero-order valence-electron chi connectivity index (χ0n) is 16.2. The van der Waals surface area contributed by atoms with Gasteiger partial charge >= 0.3 is 0 Å². The lowest BCUT2D eigenvalue weighted by molar-refractivity contribution is -0.121. The third-order valence-corrected chi connectivity index (χ3v) is 5.82. The molecule has 2 aromatic rings. The molecule has 0 radical (unpaired) electrons. The number of hydrogen-bond donors (Lipinski definition) is 1. The van der Waals surface area contributed by atoms with E-state index in [1.54, 1.807) is 36.5 Å². The van der Waals surface area contributed by atoms with Crippen LogP contribution in [0.2, 0.25) is 0 Å². The van der Waals surface area contributed by atoms with Crippen molar-refractivity contribution in [2.24, 2.45) is 5.10 Å². The molecule has 6 nitrogen and oxygen atoms in total. The van der Waals surface area contributed by atoms with Gasteiger partial charge in [0.15, 0.2) is 0 Å². The Bertz CT molecular complexity index is 954. The molecule has 0 aliphatic rings. The molecule has 0 aliphatic carbocycles. The molecule has 27 heavy (non-hydrogen) atoms. The minimum absolute atomic E-state index is 0.427. The molecule has 1 amide bonds. The topological polar surface area (TPSA) is 78.8 Å². The Morgan fingerprint density at radius 3 is 2.30 bits per heavy atom. The second-order valence-corrected chi connectivity index (χ2v) is 8.39. The summed E-state index contributed by atoms with van der Waals surface area (Å²) in [6, 6.07) is 11.5. The van der Waals surface area contributed by atoms with Crippen LogP contribution in [0.25, 0.3) is 0 Å². The molecule has 0 aromatic heterocycles. The third-order valence-electron chi connectivity index (χ3n) is 4.58. The Morgan fingerprint density at radius 1 is 1.07 bits per heavy atom. The third kappa shape index (κ3) is 4.95. The zero-order chi connectivity index (χ0) is 20.2. The van der Waals surface area contributed by atoms with Gasteiger partial charge in [-0.1, -0.05) is 30.3 Å². The molecule has 2 aromatic carbocycles. The van der Waals surface area contributed by atoms with Crippen LogP contribution in [-0.2, 0) is 14.8 Å². The summed E-state index contributed by atoms with van der Waals surface area (Å²) >= 11 is 0. The molecule has 0 heterocycles. The normalized spacial score (nSPS) is 12.8. The van der Waals surface area contributed by atoms with Crippen LogP contribution in [0.1, 0.15) is 29.2 Å². The van der Waals surface area contributed by atoms with Gasteiger partial charge in [-0.25, -0.2) is 13.8 Å². The molecule has 0 bridgehead atoms. The lowest BCUT2D eigenvalue weighted by atomic mass is 10.00. The summed E-state index contributed by atoms with van der Waals surface area (Å²) in [6.45, 7) is 7.59. The number of hydrazone groups is 1. The molecule has 0 saturated carbocycles. The van der Waals surface area contributed by atoms with Crippen molar-refractivity contribution in [2.75, 3.05) is 10.6 Å². The fourth-order valence-electron chi connectivity index (χ4n) is 2.76. The molecule has 144 valence electrons. The van der Waals surface area contributed by atoms with Gasteiger partial charge in [0, 0.05) is 0 Å². The van der Waals surface area contributed by atoms with E-state index in [-0.39, 0.29) is 0 Å². The van der Waals surface area contributed by atoms with E-state index < -0.39 is 22.0 Å². The van der Waals surface area contributed by atoms with Crippen LogP contribution in [-0.4, -0.2) is 32.8 Å². The number of nitrogens with zero attached hydrogens (tertiary/aromatic N) is 2. The van der Waals surface area contributed by atoms with E-state index >= 15 is 0 Å². The van der Waals surface area contributed by atoms with Gasteiger partial charge in [-0.3, -0.25) is 9.10 Å². The lowest BCUT2D eigenvalue weighted by Gasteiger charge is -2.27. The lowest BCUT2D eigenvalue weighted by Crippen LogP contribution is -2.46. The smallest absolute Gasteiger partial charge is 0.263 e. The largest absolute Gasteiger partial charge is 0.271 e. The maximum Gasteiger partial charge on any atom is 0.263 e. The van der Waals surface area contributed by atoms with Gasteiger partial charge in [-0.15, -0.1) is 0 Å². The number of anilines is 1. The molecule has 7 heteroatoms. The molecule has 0 fully saturated rings. The summed E-state index contributed by atoms with van der Waals surface area (Å²) in [5, 5.41) is 4.01. The number of sulfonamides is 1. The summed E-state index contributed by atoms with van der Waals surface area (Å²) in [5.74, 6) is -0.512.